The van der Waals surface area contributed by atoms with Crippen molar-refractivity contribution in [3.05, 3.63) is 29.8 Å². The summed E-state index contributed by atoms with van der Waals surface area (Å²) in [5.41, 5.74) is -1.48. The Kier molecular flexibility index (Phi) is 1.74. The molecular formula is C10H9FO3. The van der Waals surface area contributed by atoms with Crippen LogP contribution in [0.3, 0.4) is 0 Å². The average molecular weight is 196 g/mol. The third kappa shape index (κ3) is 1.23. The van der Waals surface area contributed by atoms with E-state index in [0.29, 0.717) is 5.56 Å². The normalized spacial score (nSPS) is 29.9. The second-order valence-electron chi connectivity index (χ2n) is 3.52. The van der Waals surface area contributed by atoms with Crippen molar-refractivity contribution in [3.63, 3.8) is 0 Å². The first-order chi connectivity index (χ1) is 6.54. The summed E-state index contributed by atoms with van der Waals surface area (Å²) in [5, 5.41) is 17.6. The van der Waals surface area contributed by atoms with Gasteiger partial charge in [-0.1, -0.05) is 12.1 Å². The van der Waals surface area contributed by atoms with E-state index in [9.17, 15) is 9.18 Å². The van der Waals surface area contributed by atoms with Crippen LogP contribution in [0.25, 0.3) is 0 Å². The van der Waals surface area contributed by atoms with Crippen molar-refractivity contribution in [2.24, 2.45) is 0 Å². The summed E-state index contributed by atoms with van der Waals surface area (Å²) in [6.45, 7) is 0. The molecule has 2 atom stereocenters. The molecule has 1 aromatic carbocycles. The van der Waals surface area contributed by atoms with E-state index in [-0.39, 0.29) is 12.2 Å². The number of carboxylic acid groups (broad SMARTS) is 1. The molecule has 1 aliphatic rings. The highest BCUT2D eigenvalue weighted by molar-refractivity contribution is 5.83. The van der Waals surface area contributed by atoms with Crippen LogP contribution < -0.4 is 0 Å². The lowest BCUT2D eigenvalue weighted by atomic mass is 10.1. The number of hydrogen-bond acceptors (Lipinski definition) is 2. The van der Waals surface area contributed by atoms with E-state index >= 15 is 0 Å². The number of aromatic hydroxyl groups is 1. The topological polar surface area (TPSA) is 57.5 Å². The van der Waals surface area contributed by atoms with Gasteiger partial charge >= 0.3 is 5.97 Å². The van der Waals surface area contributed by atoms with Crippen molar-refractivity contribution >= 4 is 5.97 Å². The van der Waals surface area contributed by atoms with Crippen molar-refractivity contribution in [3.8, 4) is 5.75 Å². The van der Waals surface area contributed by atoms with Gasteiger partial charge in [-0.3, -0.25) is 0 Å². The molecule has 1 aromatic rings. The molecule has 0 amide bonds. The lowest BCUT2D eigenvalue weighted by Crippen LogP contribution is -2.17. The molecule has 4 heteroatoms. The highest BCUT2D eigenvalue weighted by Crippen LogP contribution is 2.54. The summed E-state index contributed by atoms with van der Waals surface area (Å²) >= 11 is 0. The largest absolute Gasteiger partial charge is 0.508 e. The van der Waals surface area contributed by atoms with Crippen LogP contribution in [-0.2, 0) is 4.79 Å². The number of phenols is 1. The molecule has 74 valence electrons. The zero-order valence-corrected chi connectivity index (χ0v) is 7.27. The Morgan fingerprint density at radius 3 is 2.43 bits per heavy atom. The monoisotopic (exact) mass is 196 g/mol. The van der Waals surface area contributed by atoms with Gasteiger partial charge in [-0.25, -0.2) is 9.18 Å². The molecule has 0 radical (unpaired) electrons. The van der Waals surface area contributed by atoms with Crippen LogP contribution in [-0.4, -0.2) is 21.9 Å². The molecule has 0 heterocycles. The van der Waals surface area contributed by atoms with Gasteiger partial charge in [-0.15, -0.1) is 0 Å². The summed E-state index contributed by atoms with van der Waals surface area (Å²) in [6.07, 6.45) is 0.0209. The standard InChI is InChI=1S/C10H9FO3/c11-10(9(13)14)5-8(10)6-1-3-7(12)4-2-6/h1-4,8,12H,5H2,(H,13,14)/t8?,10-/m1/s1. The molecule has 0 spiro atoms. The number of alkyl halides is 1. The zero-order valence-electron chi connectivity index (χ0n) is 7.27. The maximum atomic E-state index is 13.4. The van der Waals surface area contributed by atoms with Gasteiger partial charge in [0.25, 0.3) is 0 Å². The van der Waals surface area contributed by atoms with Crippen molar-refractivity contribution in [2.45, 2.75) is 18.0 Å². The first-order valence-corrected chi connectivity index (χ1v) is 4.25. The SMILES string of the molecule is O=C(O)[C@@]1(F)CC1c1ccc(O)cc1. The summed E-state index contributed by atoms with van der Waals surface area (Å²) in [5.74, 6) is -1.88. The smallest absolute Gasteiger partial charge is 0.342 e. The van der Waals surface area contributed by atoms with Gasteiger partial charge < -0.3 is 10.2 Å². The van der Waals surface area contributed by atoms with E-state index in [1.807, 2.05) is 0 Å². The van der Waals surface area contributed by atoms with E-state index < -0.39 is 17.6 Å². The third-order valence-corrected chi connectivity index (χ3v) is 2.54. The fraction of sp³-hybridized carbons (Fsp3) is 0.300. The molecular weight excluding hydrogens is 187 g/mol. The quantitative estimate of drug-likeness (QED) is 0.756. The van der Waals surface area contributed by atoms with E-state index in [4.69, 9.17) is 10.2 Å². The molecule has 1 unspecified atom stereocenters. The maximum Gasteiger partial charge on any atom is 0.342 e. The van der Waals surface area contributed by atoms with E-state index in [0.717, 1.165) is 0 Å². The molecule has 0 aromatic heterocycles. The van der Waals surface area contributed by atoms with E-state index in [1.54, 1.807) is 12.1 Å². The Bertz CT molecular complexity index is 373. The van der Waals surface area contributed by atoms with Crippen LogP contribution in [0.15, 0.2) is 24.3 Å². The first kappa shape index (κ1) is 8.99. The summed E-state index contributed by atoms with van der Waals surface area (Å²) < 4.78 is 13.4. The van der Waals surface area contributed by atoms with Gasteiger partial charge in [0.05, 0.1) is 0 Å². The number of carboxylic acids is 1. The minimum atomic E-state index is -2.10. The van der Waals surface area contributed by atoms with Gasteiger partial charge in [-0.2, -0.15) is 0 Å². The second-order valence-corrected chi connectivity index (χ2v) is 3.52. The minimum Gasteiger partial charge on any atom is -0.508 e. The van der Waals surface area contributed by atoms with Crippen LogP contribution in [0.2, 0.25) is 0 Å². The van der Waals surface area contributed by atoms with Gasteiger partial charge in [0.1, 0.15) is 5.75 Å². The highest BCUT2D eigenvalue weighted by atomic mass is 19.1. The predicted molar refractivity (Wildman–Crippen MR) is 46.9 cm³/mol. The van der Waals surface area contributed by atoms with Crippen LogP contribution >= 0.6 is 0 Å². The number of phenolic OH excluding ortho intramolecular Hbond substituents is 1. The molecule has 2 N–H and O–H groups in total. The van der Waals surface area contributed by atoms with Gasteiger partial charge in [0.15, 0.2) is 0 Å². The number of benzene rings is 1. The fourth-order valence-electron chi connectivity index (χ4n) is 1.56. The van der Waals surface area contributed by atoms with Crippen molar-refractivity contribution < 1.29 is 19.4 Å². The molecule has 1 fully saturated rings. The van der Waals surface area contributed by atoms with Crippen molar-refractivity contribution in [1.29, 1.82) is 0 Å². The van der Waals surface area contributed by atoms with Crippen LogP contribution in [0.4, 0.5) is 4.39 Å². The zero-order chi connectivity index (χ0) is 10.3. The van der Waals surface area contributed by atoms with Crippen molar-refractivity contribution in [1.82, 2.24) is 0 Å². The van der Waals surface area contributed by atoms with Crippen LogP contribution in [0.1, 0.15) is 17.9 Å². The maximum absolute atomic E-state index is 13.4. The molecule has 0 saturated heterocycles. The molecule has 3 nitrogen and oxygen atoms in total. The Morgan fingerprint density at radius 1 is 1.43 bits per heavy atom. The first-order valence-electron chi connectivity index (χ1n) is 4.25. The Morgan fingerprint density at radius 2 is 2.00 bits per heavy atom. The molecule has 0 bridgehead atoms. The van der Waals surface area contributed by atoms with E-state index in [1.165, 1.54) is 12.1 Å². The molecule has 14 heavy (non-hydrogen) atoms. The lowest BCUT2D eigenvalue weighted by Gasteiger charge is -2.01. The van der Waals surface area contributed by atoms with E-state index in [2.05, 4.69) is 0 Å². The summed E-state index contributed by atoms with van der Waals surface area (Å²) in [7, 11) is 0. The number of halogens is 1. The average Bonchev–Trinajstić information content (AvgIpc) is 2.81. The lowest BCUT2D eigenvalue weighted by molar-refractivity contribution is -0.144. The molecule has 2 rings (SSSR count). The second kappa shape index (κ2) is 2.70. The number of carbonyl (C=O) groups is 1. The van der Waals surface area contributed by atoms with Gasteiger partial charge in [0, 0.05) is 12.3 Å². The van der Waals surface area contributed by atoms with Crippen LogP contribution in [0.5, 0.6) is 5.75 Å². The minimum absolute atomic E-state index is 0.0209. The number of hydrogen-bond donors (Lipinski definition) is 2. The summed E-state index contributed by atoms with van der Waals surface area (Å²) in [6, 6.07) is 5.94. The molecule has 1 aliphatic carbocycles. The highest BCUT2D eigenvalue weighted by Gasteiger charge is 2.62. The van der Waals surface area contributed by atoms with Gasteiger partial charge in [-0.05, 0) is 17.7 Å². The molecule has 0 aliphatic heterocycles. The van der Waals surface area contributed by atoms with Crippen LogP contribution in [0, 0.1) is 0 Å². The Balaban J connectivity index is 2.21. The summed E-state index contributed by atoms with van der Waals surface area (Å²) in [4.78, 5) is 10.5. The Hall–Kier alpha value is -1.58. The number of aliphatic carboxylic acids is 1. The fourth-order valence-corrected chi connectivity index (χ4v) is 1.56. The predicted octanol–water partition coefficient (Wildman–Crippen LogP) is 1.67. The Labute approximate surface area is 79.8 Å². The third-order valence-electron chi connectivity index (χ3n) is 2.54. The van der Waals surface area contributed by atoms with Crippen molar-refractivity contribution in [2.75, 3.05) is 0 Å². The number of rotatable bonds is 2. The van der Waals surface area contributed by atoms with Gasteiger partial charge in [0.2, 0.25) is 5.67 Å². The molecule has 1 saturated carbocycles.